The normalized spacial score (nSPS) is 11.6. The number of amides is 3. The number of nitrogens with two attached hydrogens (primary N) is 1. The molecule has 0 radical (unpaired) electrons. The molecule has 0 aliphatic rings. The SMILES string of the molecule is CC(NC(=O)c1cccc(Cl)c1Cl)C(=O)Nc1ccc(-n2ccc(C(N)=O)n2)cc1. The second-order valence-electron chi connectivity index (χ2n) is 6.34. The Balaban J connectivity index is 1.62. The monoisotopic (exact) mass is 445 g/mol. The molecule has 1 atom stereocenters. The summed E-state index contributed by atoms with van der Waals surface area (Å²) >= 11 is 12.0. The molecule has 30 heavy (non-hydrogen) atoms. The van der Waals surface area contributed by atoms with Crippen LogP contribution < -0.4 is 16.4 Å². The number of aromatic nitrogens is 2. The largest absolute Gasteiger partial charge is 0.364 e. The highest BCUT2D eigenvalue weighted by molar-refractivity contribution is 6.43. The number of hydrogen-bond donors (Lipinski definition) is 3. The topological polar surface area (TPSA) is 119 Å². The van der Waals surface area contributed by atoms with E-state index in [9.17, 15) is 14.4 Å². The first kappa shape index (κ1) is 21.4. The Morgan fingerprint density at radius 1 is 1.07 bits per heavy atom. The molecule has 0 fully saturated rings. The van der Waals surface area contributed by atoms with Crippen molar-refractivity contribution in [1.29, 1.82) is 0 Å². The van der Waals surface area contributed by atoms with Crippen LogP contribution in [0.5, 0.6) is 0 Å². The minimum absolute atomic E-state index is 0.123. The lowest BCUT2D eigenvalue weighted by Gasteiger charge is -2.15. The van der Waals surface area contributed by atoms with E-state index in [1.165, 1.54) is 16.8 Å². The third-order valence-corrected chi connectivity index (χ3v) is 5.00. The quantitative estimate of drug-likeness (QED) is 0.539. The highest BCUT2D eigenvalue weighted by atomic mass is 35.5. The molecule has 0 aliphatic heterocycles. The number of halogens is 2. The lowest BCUT2D eigenvalue weighted by molar-refractivity contribution is -0.117. The Kier molecular flexibility index (Phi) is 6.39. The minimum atomic E-state index is -0.823. The number of benzene rings is 2. The first-order valence-corrected chi connectivity index (χ1v) is 9.53. The molecule has 8 nitrogen and oxygen atoms in total. The predicted molar refractivity (Wildman–Crippen MR) is 114 cm³/mol. The van der Waals surface area contributed by atoms with Gasteiger partial charge < -0.3 is 16.4 Å². The van der Waals surface area contributed by atoms with Crippen molar-refractivity contribution in [3.8, 4) is 5.69 Å². The van der Waals surface area contributed by atoms with Crippen molar-refractivity contribution in [3.63, 3.8) is 0 Å². The second kappa shape index (κ2) is 8.98. The Labute approximate surface area is 182 Å². The van der Waals surface area contributed by atoms with Crippen LogP contribution in [0.2, 0.25) is 10.0 Å². The molecule has 0 saturated carbocycles. The average Bonchev–Trinajstić information content (AvgIpc) is 3.21. The molecular formula is C20H17Cl2N5O3. The van der Waals surface area contributed by atoms with Crippen LogP contribution in [0.4, 0.5) is 5.69 Å². The summed E-state index contributed by atoms with van der Waals surface area (Å²) in [6, 6.07) is 12.1. The van der Waals surface area contributed by atoms with Crippen LogP contribution >= 0.6 is 23.2 Å². The molecule has 1 unspecified atom stereocenters. The van der Waals surface area contributed by atoms with Gasteiger partial charge in [0.05, 0.1) is 21.3 Å². The molecule has 10 heteroatoms. The molecule has 1 aromatic heterocycles. The van der Waals surface area contributed by atoms with Crippen LogP contribution in [0.25, 0.3) is 5.69 Å². The summed E-state index contributed by atoms with van der Waals surface area (Å²) in [6.07, 6.45) is 1.60. The third-order valence-electron chi connectivity index (χ3n) is 4.18. The van der Waals surface area contributed by atoms with E-state index in [-0.39, 0.29) is 21.3 Å². The van der Waals surface area contributed by atoms with Crippen LogP contribution in [-0.4, -0.2) is 33.5 Å². The third kappa shape index (κ3) is 4.79. The number of nitrogens with one attached hydrogen (secondary N) is 2. The Morgan fingerprint density at radius 2 is 1.77 bits per heavy atom. The van der Waals surface area contributed by atoms with Gasteiger partial charge in [-0.05, 0) is 49.4 Å². The number of rotatable bonds is 6. The van der Waals surface area contributed by atoms with Gasteiger partial charge in [0.15, 0.2) is 0 Å². The zero-order chi connectivity index (χ0) is 21.8. The molecule has 0 aliphatic carbocycles. The molecule has 3 amide bonds. The van der Waals surface area contributed by atoms with E-state index in [0.717, 1.165) is 0 Å². The average molecular weight is 446 g/mol. The molecule has 0 spiro atoms. The van der Waals surface area contributed by atoms with Crippen molar-refractivity contribution in [2.45, 2.75) is 13.0 Å². The van der Waals surface area contributed by atoms with Gasteiger partial charge in [-0.15, -0.1) is 0 Å². The molecule has 154 valence electrons. The van der Waals surface area contributed by atoms with E-state index >= 15 is 0 Å². The smallest absolute Gasteiger partial charge is 0.269 e. The lowest BCUT2D eigenvalue weighted by Crippen LogP contribution is -2.41. The van der Waals surface area contributed by atoms with E-state index in [0.29, 0.717) is 11.4 Å². The fourth-order valence-electron chi connectivity index (χ4n) is 2.57. The second-order valence-corrected chi connectivity index (χ2v) is 7.13. The highest BCUT2D eigenvalue weighted by Gasteiger charge is 2.19. The fourth-order valence-corrected chi connectivity index (χ4v) is 2.95. The number of carbonyl (C=O) groups excluding carboxylic acids is 3. The zero-order valence-electron chi connectivity index (χ0n) is 15.7. The summed E-state index contributed by atoms with van der Waals surface area (Å²) in [5, 5.41) is 9.73. The van der Waals surface area contributed by atoms with E-state index in [2.05, 4.69) is 15.7 Å². The summed E-state index contributed by atoms with van der Waals surface area (Å²) in [7, 11) is 0. The van der Waals surface area contributed by atoms with Crippen molar-refractivity contribution in [1.82, 2.24) is 15.1 Å². The van der Waals surface area contributed by atoms with Gasteiger partial charge in [-0.1, -0.05) is 29.3 Å². The van der Waals surface area contributed by atoms with Gasteiger partial charge >= 0.3 is 0 Å². The number of primary amides is 1. The van der Waals surface area contributed by atoms with Crippen molar-refractivity contribution >= 4 is 46.6 Å². The molecule has 0 bridgehead atoms. The van der Waals surface area contributed by atoms with E-state index in [1.807, 2.05) is 0 Å². The maximum atomic E-state index is 12.4. The maximum absolute atomic E-state index is 12.4. The predicted octanol–water partition coefficient (Wildman–Crippen LogP) is 3.04. The first-order valence-electron chi connectivity index (χ1n) is 8.78. The van der Waals surface area contributed by atoms with Gasteiger partial charge in [-0.25, -0.2) is 4.68 Å². The maximum Gasteiger partial charge on any atom is 0.269 e. The molecule has 3 aromatic rings. The zero-order valence-corrected chi connectivity index (χ0v) is 17.2. The minimum Gasteiger partial charge on any atom is -0.364 e. The highest BCUT2D eigenvalue weighted by Crippen LogP contribution is 2.25. The Hall–Kier alpha value is -3.36. The van der Waals surface area contributed by atoms with Crippen LogP contribution in [0, 0.1) is 0 Å². The molecule has 1 heterocycles. The van der Waals surface area contributed by atoms with Gasteiger partial charge in [0, 0.05) is 11.9 Å². The molecular weight excluding hydrogens is 429 g/mol. The number of nitrogens with zero attached hydrogens (tertiary/aromatic N) is 2. The van der Waals surface area contributed by atoms with E-state index in [1.54, 1.807) is 49.5 Å². The van der Waals surface area contributed by atoms with Crippen LogP contribution in [0.15, 0.2) is 54.7 Å². The summed E-state index contributed by atoms with van der Waals surface area (Å²) in [6.45, 7) is 1.55. The standard InChI is InChI=1S/C20H17Cl2N5O3/c1-11(24-20(30)14-3-2-4-15(21)17(14)22)19(29)25-12-5-7-13(8-6-12)27-10-9-16(26-27)18(23)28/h2-11H,1H3,(H2,23,28)(H,24,30)(H,25,29). The van der Waals surface area contributed by atoms with Gasteiger partial charge in [0.25, 0.3) is 11.8 Å². The summed E-state index contributed by atoms with van der Waals surface area (Å²) in [5.74, 6) is -1.54. The lowest BCUT2D eigenvalue weighted by atomic mass is 10.2. The van der Waals surface area contributed by atoms with Crippen molar-refractivity contribution in [3.05, 3.63) is 76.0 Å². The van der Waals surface area contributed by atoms with E-state index in [4.69, 9.17) is 28.9 Å². The van der Waals surface area contributed by atoms with Crippen LogP contribution in [0.1, 0.15) is 27.8 Å². The van der Waals surface area contributed by atoms with Gasteiger partial charge in [-0.3, -0.25) is 14.4 Å². The summed E-state index contributed by atoms with van der Waals surface area (Å²) in [4.78, 5) is 35.9. The van der Waals surface area contributed by atoms with Gasteiger partial charge in [0.1, 0.15) is 11.7 Å². The number of hydrogen-bond acceptors (Lipinski definition) is 4. The van der Waals surface area contributed by atoms with Gasteiger partial charge in [-0.2, -0.15) is 5.10 Å². The number of anilines is 1. The molecule has 0 saturated heterocycles. The van der Waals surface area contributed by atoms with Crippen molar-refractivity contribution in [2.75, 3.05) is 5.32 Å². The van der Waals surface area contributed by atoms with Gasteiger partial charge in [0.2, 0.25) is 5.91 Å². The first-order chi connectivity index (χ1) is 14.3. The Morgan fingerprint density at radius 3 is 2.40 bits per heavy atom. The molecule has 3 rings (SSSR count). The Bertz CT molecular complexity index is 1110. The fraction of sp³-hybridized carbons (Fsp3) is 0.100. The van der Waals surface area contributed by atoms with Crippen molar-refractivity contribution in [2.24, 2.45) is 5.73 Å². The molecule has 2 aromatic carbocycles. The van der Waals surface area contributed by atoms with Crippen molar-refractivity contribution < 1.29 is 14.4 Å². The summed E-state index contributed by atoms with van der Waals surface area (Å²) in [5.41, 5.74) is 6.73. The van der Waals surface area contributed by atoms with Crippen LogP contribution in [-0.2, 0) is 4.79 Å². The molecule has 4 N–H and O–H groups in total. The van der Waals surface area contributed by atoms with Crippen LogP contribution in [0.3, 0.4) is 0 Å². The van der Waals surface area contributed by atoms with E-state index < -0.39 is 23.8 Å². The number of carbonyl (C=O) groups is 3. The summed E-state index contributed by atoms with van der Waals surface area (Å²) < 4.78 is 1.49.